The van der Waals surface area contributed by atoms with Gasteiger partial charge in [-0.3, -0.25) is 5.41 Å². The number of benzene rings is 1. The molecule has 130 valence electrons. The molecule has 6 nitrogen and oxygen atoms in total. The molecule has 0 amide bonds. The molecule has 25 heavy (non-hydrogen) atoms. The Kier molecular flexibility index (Phi) is 4.76. The van der Waals surface area contributed by atoms with Crippen LogP contribution in [0.5, 0.6) is 11.5 Å². The monoisotopic (exact) mass is 357 g/mol. The van der Waals surface area contributed by atoms with Gasteiger partial charge in [0.25, 0.3) is 0 Å². The summed E-state index contributed by atoms with van der Waals surface area (Å²) >= 11 is 1.40. The fourth-order valence-corrected chi connectivity index (χ4v) is 3.58. The Bertz CT molecular complexity index is 857. The maximum Gasteiger partial charge on any atom is 0.161 e. The van der Waals surface area contributed by atoms with E-state index in [1.165, 1.54) is 11.3 Å². The zero-order valence-corrected chi connectivity index (χ0v) is 14.9. The van der Waals surface area contributed by atoms with Gasteiger partial charge in [0.15, 0.2) is 11.5 Å². The number of hydrogen-bond acceptors (Lipinski definition) is 6. The number of aliphatic hydroxyl groups excluding tert-OH is 1. The van der Waals surface area contributed by atoms with Crippen LogP contribution in [-0.2, 0) is 0 Å². The highest BCUT2D eigenvalue weighted by molar-refractivity contribution is 7.11. The van der Waals surface area contributed by atoms with Crippen LogP contribution < -0.4 is 9.47 Å². The Morgan fingerprint density at radius 2 is 2.12 bits per heavy atom. The average molecular weight is 357 g/mol. The van der Waals surface area contributed by atoms with Crippen LogP contribution in [0.15, 0.2) is 42.0 Å². The summed E-state index contributed by atoms with van der Waals surface area (Å²) in [5.41, 5.74) is 2.13. The first-order chi connectivity index (χ1) is 12.1. The molecular weight excluding hydrogens is 338 g/mol. The van der Waals surface area contributed by atoms with Crippen molar-refractivity contribution in [3.8, 4) is 22.8 Å². The van der Waals surface area contributed by atoms with Crippen LogP contribution in [0.2, 0.25) is 0 Å². The van der Waals surface area contributed by atoms with Gasteiger partial charge in [-0.25, -0.2) is 4.98 Å². The maximum absolute atomic E-state index is 10.2. The van der Waals surface area contributed by atoms with Crippen LogP contribution >= 0.6 is 11.3 Å². The molecule has 2 heterocycles. The summed E-state index contributed by atoms with van der Waals surface area (Å²) in [5, 5.41) is 21.0. The van der Waals surface area contributed by atoms with Gasteiger partial charge < -0.3 is 19.5 Å². The van der Waals surface area contributed by atoms with Crippen molar-refractivity contribution in [2.75, 3.05) is 27.3 Å². The second kappa shape index (κ2) is 6.98. The second-order valence-corrected chi connectivity index (χ2v) is 6.31. The van der Waals surface area contributed by atoms with Gasteiger partial charge in [0.2, 0.25) is 0 Å². The third kappa shape index (κ3) is 3.10. The smallest absolute Gasteiger partial charge is 0.161 e. The normalized spacial score (nSPS) is 14.2. The number of nitrogens with zero attached hydrogens (tertiary/aromatic N) is 2. The summed E-state index contributed by atoms with van der Waals surface area (Å²) in [6, 6.07) is 5.58. The predicted molar refractivity (Wildman–Crippen MR) is 99.7 cm³/mol. The molecule has 0 saturated heterocycles. The minimum atomic E-state index is 0.167. The van der Waals surface area contributed by atoms with Crippen molar-refractivity contribution in [1.82, 2.24) is 9.88 Å². The quantitative estimate of drug-likeness (QED) is 0.773. The highest BCUT2D eigenvalue weighted by Crippen LogP contribution is 2.35. The zero-order chi connectivity index (χ0) is 18.0. The Labute approximate surface area is 150 Å². The minimum Gasteiger partial charge on any atom is -0.510 e. The van der Waals surface area contributed by atoms with Crippen molar-refractivity contribution in [1.29, 1.82) is 5.41 Å². The van der Waals surface area contributed by atoms with Crippen LogP contribution in [0.4, 0.5) is 0 Å². The van der Waals surface area contributed by atoms with E-state index in [1.54, 1.807) is 25.2 Å². The molecule has 0 radical (unpaired) electrons. The number of aliphatic hydroxyl groups is 1. The summed E-state index contributed by atoms with van der Waals surface area (Å²) in [5.74, 6) is 1.72. The average Bonchev–Trinajstić information content (AvgIpc) is 3.19. The van der Waals surface area contributed by atoms with Crippen molar-refractivity contribution in [3.63, 3.8) is 0 Å². The predicted octanol–water partition coefficient (Wildman–Crippen LogP) is 3.58. The number of methoxy groups -OCH3 is 2. The SMILES string of the molecule is C=CCN1CC(O)=C(c2nc(-c3ccc(OC)c(OC)c3)cs2)C1=N. The number of rotatable bonds is 6. The number of thiazole rings is 1. The van der Waals surface area contributed by atoms with Gasteiger partial charge in [0.05, 0.1) is 32.0 Å². The number of aromatic nitrogens is 1. The first-order valence-corrected chi connectivity index (χ1v) is 8.52. The largest absolute Gasteiger partial charge is 0.510 e. The molecule has 1 aromatic heterocycles. The van der Waals surface area contributed by atoms with Crippen LogP contribution in [-0.4, -0.2) is 48.1 Å². The lowest BCUT2D eigenvalue weighted by atomic mass is 10.1. The van der Waals surface area contributed by atoms with E-state index >= 15 is 0 Å². The van der Waals surface area contributed by atoms with Crippen molar-refractivity contribution < 1.29 is 14.6 Å². The van der Waals surface area contributed by atoms with E-state index < -0.39 is 0 Å². The zero-order valence-electron chi connectivity index (χ0n) is 14.1. The second-order valence-electron chi connectivity index (χ2n) is 5.45. The lowest BCUT2D eigenvalue weighted by molar-refractivity contribution is 0.355. The molecule has 0 saturated carbocycles. The van der Waals surface area contributed by atoms with Crippen molar-refractivity contribution in [2.45, 2.75) is 0 Å². The van der Waals surface area contributed by atoms with Crippen molar-refractivity contribution in [2.24, 2.45) is 0 Å². The first-order valence-electron chi connectivity index (χ1n) is 7.64. The summed E-state index contributed by atoms with van der Waals surface area (Å²) in [6.45, 7) is 4.51. The van der Waals surface area contributed by atoms with Crippen molar-refractivity contribution in [3.05, 3.63) is 47.0 Å². The summed E-state index contributed by atoms with van der Waals surface area (Å²) in [6.07, 6.45) is 1.71. The lowest BCUT2D eigenvalue weighted by Gasteiger charge is -2.15. The van der Waals surface area contributed by atoms with Gasteiger partial charge in [-0.1, -0.05) is 6.08 Å². The topological polar surface area (TPSA) is 78.7 Å². The molecule has 0 atom stereocenters. The summed E-state index contributed by atoms with van der Waals surface area (Å²) < 4.78 is 10.6. The number of ether oxygens (including phenoxy) is 2. The lowest BCUT2D eigenvalue weighted by Crippen LogP contribution is -2.26. The molecule has 2 aromatic rings. The molecule has 7 heteroatoms. The van der Waals surface area contributed by atoms with E-state index in [0.717, 1.165) is 11.3 Å². The molecule has 0 fully saturated rings. The number of hydrogen-bond donors (Lipinski definition) is 2. The van der Waals surface area contributed by atoms with E-state index in [4.69, 9.17) is 14.9 Å². The molecule has 0 spiro atoms. The van der Waals surface area contributed by atoms with Crippen molar-refractivity contribution >= 4 is 22.7 Å². The highest BCUT2D eigenvalue weighted by Gasteiger charge is 2.29. The standard InChI is InChI=1S/C18H19N3O3S/c1-4-7-21-9-13(22)16(17(21)19)18-20-12(10-25-18)11-5-6-14(23-2)15(8-11)24-3/h4-6,8,10,19,22H,1,7,9H2,2-3H3. The number of nitrogens with one attached hydrogen (secondary N) is 1. The molecule has 1 aromatic carbocycles. The third-order valence-corrected chi connectivity index (χ3v) is 4.79. The van der Waals surface area contributed by atoms with Gasteiger partial charge in [0, 0.05) is 17.5 Å². The molecule has 3 rings (SSSR count). The van der Waals surface area contributed by atoms with Crippen LogP contribution in [0.3, 0.4) is 0 Å². The fourth-order valence-electron chi connectivity index (χ4n) is 2.69. The molecule has 1 aliphatic heterocycles. The van der Waals surface area contributed by atoms with E-state index in [0.29, 0.717) is 35.2 Å². The van der Waals surface area contributed by atoms with E-state index in [2.05, 4.69) is 11.6 Å². The van der Waals surface area contributed by atoms with Gasteiger partial charge in [-0.15, -0.1) is 17.9 Å². The van der Waals surface area contributed by atoms with Crippen LogP contribution in [0.25, 0.3) is 16.8 Å². The molecule has 2 N–H and O–H groups in total. The van der Waals surface area contributed by atoms with Gasteiger partial charge in [-0.2, -0.15) is 0 Å². The Morgan fingerprint density at radius 3 is 2.80 bits per heavy atom. The fraction of sp³-hybridized carbons (Fsp3) is 0.222. The third-order valence-electron chi connectivity index (χ3n) is 3.93. The van der Waals surface area contributed by atoms with Gasteiger partial charge >= 0.3 is 0 Å². The Hall–Kier alpha value is -2.80. The number of amidine groups is 1. The van der Waals surface area contributed by atoms with Gasteiger partial charge in [-0.05, 0) is 18.2 Å². The van der Waals surface area contributed by atoms with E-state index in [-0.39, 0.29) is 11.6 Å². The molecule has 0 unspecified atom stereocenters. The van der Waals surface area contributed by atoms with Crippen LogP contribution in [0, 0.1) is 5.41 Å². The summed E-state index contributed by atoms with van der Waals surface area (Å²) in [7, 11) is 3.18. The van der Waals surface area contributed by atoms with E-state index in [1.807, 2.05) is 23.6 Å². The van der Waals surface area contributed by atoms with E-state index in [9.17, 15) is 5.11 Å². The highest BCUT2D eigenvalue weighted by atomic mass is 32.1. The molecule has 0 aliphatic carbocycles. The van der Waals surface area contributed by atoms with Gasteiger partial charge in [0.1, 0.15) is 16.6 Å². The molecule has 1 aliphatic rings. The molecule has 0 bridgehead atoms. The Morgan fingerprint density at radius 1 is 1.36 bits per heavy atom. The molecular formula is C18H19N3O3S. The maximum atomic E-state index is 10.2. The Balaban J connectivity index is 1.92. The van der Waals surface area contributed by atoms with Crippen LogP contribution in [0.1, 0.15) is 5.01 Å². The summed E-state index contributed by atoms with van der Waals surface area (Å²) in [4.78, 5) is 6.34. The minimum absolute atomic E-state index is 0.167. The first kappa shape index (κ1) is 17.0.